The van der Waals surface area contributed by atoms with Gasteiger partial charge in [-0.1, -0.05) is 23.2 Å². The van der Waals surface area contributed by atoms with E-state index in [1.54, 1.807) is 47.5 Å². The molecule has 0 radical (unpaired) electrons. The minimum absolute atomic E-state index is 0.0319. The molecule has 156 valence electrons. The van der Waals surface area contributed by atoms with Crippen LogP contribution < -0.4 is 15.0 Å². The quantitative estimate of drug-likeness (QED) is 0.736. The molecule has 3 saturated carbocycles. The minimum Gasteiger partial charge on any atom is -0.484 e. The second kappa shape index (κ2) is 7.03. The molecule has 6 rings (SSSR count). The van der Waals surface area contributed by atoms with Crippen molar-refractivity contribution in [2.75, 3.05) is 24.6 Å². The van der Waals surface area contributed by atoms with Gasteiger partial charge in [0.2, 0.25) is 0 Å². The van der Waals surface area contributed by atoms with Crippen molar-refractivity contribution in [1.29, 1.82) is 0 Å². The zero-order chi connectivity index (χ0) is 20.9. The SMILES string of the molecule is O=C(COc1ccc(Cl)cc1)NC12CC(N3CCN(c4ccc(Cl)cn4)C3=O)(C1)C2. The second-order valence-electron chi connectivity index (χ2n) is 8.25. The molecule has 3 amide bonds. The molecular weight excluding hydrogens is 427 g/mol. The monoisotopic (exact) mass is 446 g/mol. The van der Waals surface area contributed by atoms with Gasteiger partial charge in [0.1, 0.15) is 11.6 Å². The Morgan fingerprint density at radius 1 is 1.07 bits per heavy atom. The molecule has 1 aromatic heterocycles. The van der Waals surface area contributed by atoms with E-state index in [0.717, 1.165) is 19.3 Å². The molecule has 1 saturated heterocycles. The van der Waals surface area contributed by atoms with E-state index in [1.165, 1.54) is 0 Å². The van der Waals surface area contributed by atoms with E-state index in [4.69, 9.17) is 27.9 Å². The van der Waals surface area contributed by atoms with Crippen molar-refractivity contribution in [2.24, 2.45) is 0 Å². The van der Waals surface area contributed by atoms with Gasteiger partial charge in [0.25, 0.3) is 5.91 Å². The van der Waals surface area contributed by atoms with E-state index in [9.17, 15) is 9.59 Å². The number of urea groups is 1. The van der Waals surface area contributed by atoms with Gasteiger partial charge in [-0.05, 0) is 55.7 Å². The number of carbonyl (C=O) groups is 2. The van der Waals surface area contributed by atoms with E-state index < -0.39 is 0 Å². The predicted octanol–water partition coefficient (Wildman–Crippen LogP) is 3.50. The number of benzene rings is 1. The molecule has 1 aromatic carbocycles. The number of aromatic nitrogens is 1. The van der Waals surface area contributed by atoms with Crippen LogP contribution >= 0.6 is 23.2 Å². The Hall–Kier alpha value is -2.51. The Bertz CT molecular complexity index is 977. The smallest absolute Gasteiger partial charge is 0.326 e. The maximum Gasteiger partial charge on any atom is 0.326 e. The lowest BCUT2D eigenvalue weighted by Crippen LogP contribution is -2.84. The summed E-state index contributed by atoms with van der Waals surface area (Å²) < 4.78 is 5.51. The first-order chi connectivity index (χ1) is 14.4. The second-order valence-corrected chi connectivity index (χ2v) is 9.12. The lowest BCUT2D eigenvalue weighted by Gasteiger charge is -2.72. The first-order valence-electron chi connectivity index (χ1n) is 9.78. The summed E-state index contributed by atoms with van der Waals surface area (Å²) in [5, 5.41) is 4.24. The third-order valence-electron chi connectivity index (χ3n) is 6.16. The van der Waals surface area contributed by atoms with Gasteiger partial charge < -0.3 is 15.0 Å². The van der Waals surface area contributed by atoms with Gasteiger partial charge in [0.15, 0.2) is 6.61 Å². The first-order valence-corrected chi connectivity index (χ1v) is 10.5. The Balaban J connectivity index is 1.13. The summed E-state index contributed by atoms with van der Waals surface area (Å²) in [4.78, 5) is 33.1. The number of hydrogen-bond donors (Lipinski definition) is 1. The molecule has 9 heteroatoms. The normalized spacial score (nSPS) is 26.8. The molecule has 4 fully saturated rings. The van der Waals surface area contributed by atoms with Crippen LogP contribution in [-0.2, 0) is 4.79 Å². The number of pyridine rings is 1. The van der Waals surface area contributed by atoms with Crippen molar-refractivity contribution in [3.63, 3.8) is 0 Å². The Morgan fingerprint density at radius 3 is 2.43 bits per heavy atom. The number of amides is 3. The summed E-state index contributed by atoms with van der Waals surface area (Å²) in [6.07, 6.45) is 3.88. The molecule has 2 aromatic rings. The third kappa shape index (κ3) is 3.26. The van der Waals surface area contributed by atoms with Crippen molar-refractivity contribution in [3.05, 3.63) is 52.6 Å². The van der Waals surface area contributed by atoms with Crippen LogP contribution in [0.1, 0.15) is 19.3 Å². The molecule has 1 aliphatic heterocycles. The van der Waals surface area contributed by atoms with Gasteiger partial charge in [-0.3, -0.25) is 9.69 Å². The number of halogens is 2. The maximum atomic E-state index is 12.9. The molecule has 1 N–H and O–H groups in total. The van der Waals surface area contributed by atoms with Crippen LogP contribution in [-0.4, -0.2) is 52.6 Å². The van der Waals surface area contributed by atoms with E-state index in [2.05, 4.69) is 10.3 Å². The van der Waals surface area contributed by atoms with Crippen LogP contribution in [0.4, 0.5) is 10.6 Å². The van der Waals surface area contributed by atoms with Crippen LogP contribution in [0, 0.1) is 0 Å². The number of rotatable bonds is 6. The van der Waals surface area contributed by atoms with Crippen molar-refractivity contribution in [3.8, 4) is 5.75 Å². The summed E-state index contributed by atoms with van der Waals surface area (Å²) in [5.41, 5.74) is -0.366. The van der Waals surface area contributed by atoms with Crippen LogP contribution in [0.3, 0.4) is 0 Å². The fourth-order valence-electron chi connectivity index (χ4n) is 4.88. The van der Waals surface area contributed by atoms with Gasteiger partial charge in [0.05, 0.1) is 10.6 Å². The molecule has 0 atom stereocenters. The van der Waals surface area contributed by atoms with Gasteiger partial charge in [0, 0.05) is 29.8 Å². The van der Waals surface area contributed by atoms with Gasteiger partial charge in [-0.25, -0.2) is 9.78 Å². The highest BCUT2D eigenvalue weighted by atomic mass is 35.5. The summed E-state index contributed by atoms with van der Waals surface area (Å²) in [7, 11) is 0. The molecule has 7 nitrogen and oxygen atoms in total. The van der Waals surface area contributed by atoms with Crippen LogP contribution in [0.15, 0.2) is 42.6 Å². The highest BCUT2D eigenvalue weighted by molar-refractivity contribution is 6.30. The average molecular weight is 447 g/mol. The third-order valence-corrected chi connectivity index (χ3v) is 6.64. The molecular formula is C21H20Cl2N4O3. The van der Waals surface area contributed by atoms with Crippen LogP contribution in [0.25, 0.3) is 0 Å². The lowest BCUT2D eigenvalue weighted by molar-refractivity contribution is -0.165. The van der Waals surface area contributed by atoms with E-state index in [1.807, 2.05) is 4.90 Å². The molecule has 3 aliphatic carbocycles. The summed E-state index contributed by atoms with van der Waals surface area (Å²) in [6, 6.07) is 10.4. The predicted molar refractivity (Wildman–Crippen MR) is 113 cm³/mol. The molecule has 30 heavy (non-hydrogen) atoms. The number of nitrogens with zero attached hydrogens (tertiary/aromatic N) is 3. The molecule has 0 spiro atoms. The fourth-order valence-corrected chi connectivity index (χ4v) is 5.12. The molecule has 2 bridgehead atoms. The fraction of sp³-hybridized carbons (Fsp3) is 0.381. The lowest BCUT2D eigenvalue weighted by atomic mass is 9.43. The largest absolute Gasteiger partial charge is 0.484 e. The standard InChI is InChI=1S/C21H20Cl2N4O3/c22-14-1-4-16(5-2-14)30-10-18(28)25-20-11-21(12-20,13-20)27-8-7-26(19(27)29)17-6-3-15(23)9-24-17/h1-6,9H,7-8,10-13H2,(H,25,28). The number of nitrogens with one attached hydrogen (secondary N) is 1. The Labute approximate surface area is 183 Å². The van der Waals surface area contributed by atoms with Crippen molar-refractivity contribution >= 4 is 41.0 Å². The van der Waals surface area contributed by atoms with Crippen molar-refractivity contribution in [2.45, 2.75) is 30.3 Å². The highest BCUT2D eigenvalue weighted by Crippen LogP contribution is 2.64. The van der Waals surface area contributed by atoms with Crippen LogP contribution in [0.2, 0.25) is 10.0 Å². The average Bonchev–Trinajstić information content (AvgIpc) is 3.05. The highest BCUT2D eigenvalue weighted by Gasteiger charge is 2.72. The first kappa shape index (κ1) is 19.5. The van der Waals surface area contributed by atoms with Crippen molar-refractivity contribution in [1.82, 2.24) is 15.2 Å². The Morgan fingerprint density at radius 2 is 1.77 bits per heavy atom. The van der Waals surface area contributed by atoms with Gasteiger partial charge in [-0.15, -0.1) is 0 Å². The number of carbonyl (C=O) groups excluding carboxylic acids is 2. The minimum atomic E-state index is -0.216. The molecule has 0 unspecified atom stereocenters. The maximum absolute atomic E-state index is 12.9. The van der Waals surface area contributed by atoms with E-state index >= 15 is 0 Å². The summed E-state index contributed by atoms with van der Waals surface area (Å²) >= 11 is 11.7. The number of ether oxygens (including phenoxy) is 1. The van der Waals surface area contributed by atoms with Gasteiger partial charge >= 0.3 is 6.03 Å². The van der Waals surface area contributed by atoms with Crippen molar-refractivity contribution < 1.29 is 14.3 Å². The molecule has 4 aliphatic rings. The summed E-state index contributed by atoms with van der Waals surface area (Å²) in [5.74, 6) is 1.06. The summed E-state index contributed by atoms with van der Waals surface area (Å²) in [6.45, 7) is 1.21. The number of hydrogen-bond acceptors (Lipinski definition) is 4. The number of anilines is 1. The van der Waals surface area contributed by atoms with Crippen LogP contribution in [0.5, 0.6) is 5.75 Å². The van der Waals surface area contributed by atoms with E-state index in [0.29, 0.717) is 34.7 Å². The molecule has 2 heterocycles. The Kier molecular flexibility index (Phi) is 4.56. The zero-order valence-corrected chi connectivity index (χ0v) is 17.6. The van der Waals surface area contributed by atoms with Gasteiger partial charge in [-0.2, -0.15) is 0 Å². The zero-order valence-electron chi connectivity index (χ0n) is 16.1. The topological polar surface area (TPSA) is 74.8 Å². The van der Waals surface area contributed by atoms with E-state index in [-0.39, 0.29) is 29.6 Å².